The number of rotatable bonds is 7. The van der Waals surface area contributed by atoms with Gasteiger partial charge in [-0.3, -0.25) is 0 Å². The first-order chi connectivity index (χ1) is 14.3. The summed E-state index contributed by atoms with van der Waals surface area (Å²) in [7, 11) is 0. The molecule has 3 rings (SSSR count). The van der Waals surface area contributed by atoms with Crippen molar-refractivity contribution in [1.82, 2.24) is 0 Å². The van der Waals surface area contributed by atoms with Crippen LogP contribution in [0, 0.1) is 6.92 Å². The summed E-state index contributed by atoms with van der Waals surface area (Å²) in [5, 5.41) is 21.1. The highest BCUT2D eigenvalue weighted by molar-refractivity contribution is 7.98. The number of para-hydroxylation sites is 1. The molecule has 0 aliphatic rings. The van der Waals surface area contributed by atoms with Gasteiger partial charge >= 0.3 is 0 Å². The van der Waals surface area contributed by atoms with Gasteiger partial charge < -0.3 is 10.2 Å². The van der Waals surface area contributed by atoms with Gasteiger partial charge in [0.05, 0.1) is 6.61 Å². The number of aryl methyl sites for hydroxylation is 1. The number of aromatic hydroxyl groups is 1. The molecule has 0 bridgehead atoms. The molecule has 0 atom stereocenters. The number of aliphatic hydroxyl groups excluding tert-OH is 1. The lowest BCUT2D eigenvalue weighted by Gasteiger charge is -2.25. The number of hydrogen-bond donors (Lipinski definition) is 2. The third-order valence-corrected chi connectivity index (χ3v) is 6.63. The molecule has 0 unspecified atom stereocenters. The van der Waals surface area contributed by atoms with E-state index in [9.17, 15) is 10.2 Å². The van der Waals surface area contributed by atoms with E-state index in [0.717, 1.165) is 28.0 Å². The first-order valence-electron chi connectivity index (χ1n) is 10.6. The lowest BCUT2D eigenvalue weighted by Crippen LogP contribution is -2.08. The Morgan fingerprint density at radius 1 is 0.833 bits per heavy atom. The van der Waals surface area contributed by atoms with E-state index in [1.165, 1.54) is 21.6 Å². The van der Waals surface area contributed by atoms with E-state index in [0.29, 0.717) is 5.92 Å². The van der Waals surface area contributed by atoms with Gasteiger partial charge in [0, 0.05) is 16.2 Å². The van der Waals surface area contributed by atoms with Crippen molar-refractivity contribution < 1.29 is 10.2 Å². The van der Waals surface area contributed by atoms with Gasteiger partial charge in [-0.15, -0.1) is 11.8 Å². The second kappa shape index (κ2) is 9.72. The summed E-state index contributed by atoms with van der Waals surface area (Å²) < 4.78 is 0. The van der Waals surface area contributed by atoms with Crippen molar-refractivity contribution in [2.24, 2.45) is 0 Å². The summed E-state index contributed by atoms with van der Waals surface area (Å²) in [6.45, 7) is 10.8. The minimum atomic E-state index is -0.0439. The molecule has 0 saturated carbocycles. The first-order valence-corrected chi connectivity index (χ1v) is 11.6. The van der Waals surface area contributed by atoms with Crippen molar-refractivity contribution in [1.29, 1.82) is 0 Å². The minimum Gasteiger partial charge on any atom is -0.507 e. The average molecular weight is 421 g/mol. The summed E-state index contributed by atoms with van der Waals surface area (Å²) in [6, 6.07) is 18.3. The fourth-order valence-corrected chi connectivity index (χ4v) is 4.92. The van der Waals surface area contributed by atoms with Gasteiger partial charge in [-0.25, -0.2) is 0 Å². The van der Waals surface area contributed by atoms with Gasteiger partial charge in [-0.1, -0.05) is 69.7 Å². The Morgan fingerprint density at radius 3 is 2.00 bits per heavy atom. The molecule has 2 N–H and O–H groups in total. The van der Waals surface area contributed by atoms with Crippen LogP contribution in [0.4, 0.5) is 0 Å². The largest absolute Gasteiger partial charge is 0.507 e. The predicted octanol–water partition coefficient (Wildman–Crippen LogP) is 7.40. The van der Waals surface area contributed by atoms with Crippen LogP contribution in [0.3, 0.4) is 0 Å². The highest BCUT2D eigenvalue weighted by Crippen LogP contribution is 2.43. The van der Waals surface area contributed by atoms with Crippen molar-refractivity contribution in [3.63, 3.8) is 0 Å². The predicted molar refractivity (Wildman–Crippen MR) is 128 cm³/mol. The molecule has 3 aromatic carbocycles. The molecule has 0 amide bonds. The zero-order valence-electron chi connectivity index (χ0n) is 18.6. The van der Waals surface area contributed by atoms with Crippen LogP contribution >= 0.6 is 11.8 Å². The van der Waals surface area contributed by atoms with Crippen molar-refractivity contribution >= 4 is 11.8 Å². The van der Waals surface area contributed by atoms with E-state index in [2.05, 4.69) is 65.0 Å². The second-order valence-corrected chi connectivity index (χ2v) is 9.52. The fourth-order valence-electron chi connectivity index (χ4n) is 3.97. The van der Waals surface area contributed by atoms with Gasteiger partial charge in [0.25, 0.3) is 0 Å². The quantitative estimate of drug-likeness (QED) is 0.391. The van der Waals surface area contributed by atoms with E-state index in [-0.39, 0.29) is 18.3 Å². The molecule has 0 saturated heterocycles. The maximum atomic E-state index is 10.7. The Labute approximate surface area is 185 Å². The summed E-state index contributed by atoms with van der Waals surface area (Å²) >= 11 is 1.80. The van der Waals surface area contributed by atoms with Crippen molar-refractivity contribution in [3.8, 4) is 16.9 Å². The smallest absolute Gasteiger partial charge is 0.123 e. The standard InChI is InChI=1S/C27H32O2S/c1-17(2)22-14-23(18(3)4)25(16-30-20-12-10-19(5)11-13-20)27(24(22)15-28)21-8-6-7-9-26(21)29/h6-14,17-18,28-29H,15-16H2,1-5H3. The summed E-state index contributed by atoms with van der Waals surface area (Å²) in [5.74, 6) is 1.66. The number of benzene rings is 3. The third kappa shape index (κ3) is 4.74. The van der Waals surface area contributed by atoms with Crippen molar-refractivity contribution in [3.05, 3.63) is 82.4 Å². The Hall–Kier alpha value is -2.23. The molecular formula is C27H32O2S. The maximum Gasteiger partial charge on any atom is 0.123 e. The van der Waals surface area contributed by atoms with Crippen LogP contribution in [0.1, 0.15) is 67.3 Å². The molecule has 0 fully saturated rings. The van der Waals surface area contributed by atoms with Gasteiger partial charge in [0.15, 0.2) is 0 Å². The Morgan fingerprint density at radius 2 is 1.43 bits per heavy atom. The Balaban J connectivity index is 2.23. The molecule has 3 aromatic rings. The van der Waals surface area contributed by atoms with Crippen LogP contribution in [-0.2, 0) is 12.4 Å². The van der Waals surface area contributed by atoms with Gasteiger partial charge in [-0.05, 0) is 64.8 Å². The fraction of sp³-hybridized carbons (Fsp3) is 0.333. The second-order valence-electron chi connectivity index (χ2n) is 8.47. The highest BCUT2D eigenvalue weighted by atomic mass is 32.2. The van der Waals surface area contributed by atoms with E-state index in [1.807, 2.05) is 18.2 Å². The Bertz CT molecular complexity index is 1000. The zero-order valence-corrected chi connectivity index (χ0v) is 19.4. The van der Waals surface area contributed by atoms with Gasteiger partial charge in [0.1, 0.15) is 5.75 Å². The average Bonchev–Trinajstić information content (AvgIpc) is 2.72. The van der Waals surface area contributed by atoms with Gasteiger partial charge in [-0.2, -0.15) is 0 Å². The van der Waals surface area contributed by atoms with Crippen LogP contribution in [0.2, 0.25) is 0 Å². The maximum absolute atomic E-state index is 10.7. The van der Waals surface area contributed by atoms with E-state index in [4.69, 9.17) is 0 Å². The molecular weight excluding hydrogens is 388 g/mol. The van der Waals surface area contributed by atoms with Crippen LogP contribution in [0.15, 0.2) is 59.5 Å². The molecule has 0 heterocycles. The SMILES string of the molecule is Cc1ccc(SCc2c(C(C)C)cc(C(C)C)c(CO)c2-c2ccccc2O)cc1. The van der Waals surface area contributed by atoms with Gasteiger partial charge in [0.2, 0.25) is 0 Å². The molecule has 0 radical (unpaired) electrons. The molecule has 30 heavy (non-hydrogen) atoms. The molecule has 0 aromatic heterocycles. The number of phenolic OH excluding ortho intramolecular Hbond substituents is 1. The number of phenols is 1. The number of aliphatic hydroxyl groups is 1. The Kier molecular flexibility index (Phi) is 7.27. The lowest BCUT2D eigenvalue weighted by molar-refractivity contribution is 0.280. The first kappa shape index (κ1) is 22.5. The molecule has 158 valence electrons. The number of thioether (sulfide) groups is 1. The minimum absolute atomic E-state index is 0.0439. The van der Waals surface area contributed by atoms with E-state index >= 15 is 0 Å². The summed E-state index contributed by atoms with van der Waals surface area (Å²) in [5.41, 5.74) is 7.61. The zero-order chi connectivity index (χ0) is 21.8. The molecule has 0 aliphatic carbocycles. The van der Waals surface area contributed by atoms with E-state index in [1.54, 1.807) is 17.8 Å². The summed E-state index contributed by atoms with van der Waals surface area (Å²) in [6.07, 6.45) is 0. The van der Waals surface area contributed by atoms with Crippen LogP contribution in [0.5, 0.6) is 5.75 Å². The van der Waals surface area contributed by atoms with Crippen LogP contribution in [0.25, 0.3) is 11.1 Å². The lowest BCUT2D eigenvalue weighted by atomic mass is 9.82. The summed E-state index contributed by atoms with van der Waals surface area (Å²) in [4.78, 5) is 1.22. The van der Waals surface area contributed by atoms with Crippen LogP contribution in [-0.4, -0.2) is 10.2 Å². The van der Waals surface area contributed by atoms with Crippen molar-refractivity contribution in [2.75, 3.05) is 0 Å². The molecule has 0 spiro atoms. The third-order valence-electron chi connectivity index (χ3n) is 5.59. The van der Waals surface area contributed by atoms with Crippen molar-refractivity contribution in [2.45, 2.75) is 63.7 Å². The number of hydrogen-bond acceptors (Lipinski definition) is 3. The highest BCUT2D eigenvalue weighted by Gasteiger charge is 2.23. The topological polar surface area (TPSA) is 40.5 Å². The van der Waals surface area contributed by atoms with Crippen LogP contribution < -0.4 is 0 Å². The molecule has 0 aliphatic heterocycles. The van der Waals surface area contributed by atoms with E-state index < -0.39 is 0 Å². The normalized spacial score (nSPS) is 11.5. The molecule has 3 heteroatoms. The molecule has 2 nitrogen and oxygen atoms in total. The monoisotopic (exact) mass is 420 g/mol.